The maximum Gasteiger partial charge on any atom is 0.0991 e. The molecule has 9 aromatic rings. The lowest BCUT2D eigenvalue weighted by Gasteiger charge is -2.37. The minimum absolute atomic E-state index is 0.290. The van der Waals surface area contributed by atoms with Crippen LogP contribution in [0.4, 0.5) is 0 Å². The summed E-state index contributed by atoms with van der Waals surface area (Å²) in [6, 6.07) is 57.6. The Balaban J connectivity index is 1.46. The first-order chi connectivity index (χ1) is 29.7. The molecule has 0 saturated heterocycles. The van der Waals surface area contributed by atoms with Crippen molar-refractivity contribution in [1.29, 1.82) is 10.5 Å². The Bertz CT molecular complexity index is 2870. The van der Waals surface area contributed by atoms with Gasteiger partial charge in [-0.2, -0.15) is 10.5 Å². The van der Waals surface area contributed by atoms with Crippen molar-refractivity contribution in [2.75, 3.05) is 0 Å². The lowest BCUT2D eigenvalue weighted by atomic mass is 9.72. The fraction of sp³-hybridized carbons (Fsp3) is 0.214. The largest absolute Gasteiger partial charge is 0.308 e. The molecule has 2 saturated carbocycles. The zero-order chi connectivity index (χ0) is 40.2. The van der Waals surface area contributed by atoms with Crippen molar-refractivity contribution in [3.63, 3.8) is 0 Å². The summed E-state index contributed by atoms with van der Waals surface area (Å²) >= 11 is 0. The average molecular weight is 775 g/mol. The molecular formula is C56H46N4. The Morgan fingerprint density at radius 1 is 0.367 bits per heavy atom. The normalized spacial score (nSPS) is 15.2. The summed E-state index contributed by atoms with van der Waals surface area (Å²) in [6.07, 6.45) is 11.7. The molecule has 7 aromatic carbocycles. The molecule has 11 rings (SSSR count). The van der Waals surface area contributed by atoms with Gasteiger partial charge in [-0.3, -0.25) is 0 Å². The van der Waals surface area contributed by atoms with Crippen molar-refractivity contribution < 1.29 is 0 Å². The number of benzene rings is 7. The fourth-order valence-corrected chi connectivity index (χ4v) is 11.1. The summed E-state index contributed by atoms with van der Waals surface area (Å²) in [6.45, 7) is 0. The van der Waals surface area contributed by atoms with E-state index < -0.39 is 0 Å². The van der Waals surface area contributed by atoms with E-state index in [1.807, 2.05) is 24.3 Å². The molecule has 0 atom stereocenters. The average Bonchev–Trinajstić information content (AvgIpc) is 3.84. The smallest absolute Gasteiger partial charge is 0.0991 e. The van der Waals surface area contributed by atoms with Crippen LogP contribution in [0.25, 0.3) is 77.2 Å². The first-order valence-corrected chi connectivity index (χ1v) is 22.0. The van der Waals surface area contributed by atoms with Crippen molar-refractivity contribution in [1.82, 2.24) is 9.13 Å². The predicted octanol–water partition coefficient (Wildman–Crippen LogP) is 15.1. The van der Waals surface area contributed by atoms with Crippen molar-refractivity contribution in [2.24, 2.45) is 0 Å². The molecule has 0 radical (unpaired) electrons. The molecule has 0 bridgehead atoms. The van der Waals surface area contributed by atoms with E-state index in [0.29, 0.717) is 23.0 Å². The monoisotopic (exact) mass is 774 g/mol. The maximum atomic E-state index is 10.1. The second-order valence-corrected chi connectivity index (χ2v) is 17.1. The van der Waals surface area contributed by atoms with Gasteiger partial charge in [0.05, 0.1) is 56.7 Å². The zero-order valence-electron chi connectivity index (χ0n) is 33.9. The molecule has 0 amide bonds. The molecule has 2 aliphatic rings. The van der Waals surface area contributed by atoms with Crippen molar-refractivity contribution in [3.8, 4) is 45.8 Å². The summed E-state index contributed by atoms with van der Waals surface area (Å²) in [5.74, 6) is 0.590. The molecule has 4 nitrogen and oxygen atoms in total. The van der Waals surface area contributed by atoms with Gasteiger partial charge in [-0.15, -0.1) is 0 Å². The van der Waals surface area contributed by atoms with Gasteiger partial charge in [0.15, 0.2) is 0 Å². The van der Waals surface area contributed by atoms with Crippen LogP contribution in [0.3, 0.4) is 0 Å². The van der Waals surface area contributed by atoms with E-state index in [1.165, 1.54) is 116 Å². The van der Waals surface area contributed by atoms with Crippen LogP contribution in [0.2, 0.25) is 0 Å². The Kier molecular flexibility index (Phi) is 9.09. The molecule has 0 unspecified atom stereocenters. The van der Waals surface area contributed by atoms with Crippen LogP contribution in [0, 0.1) is 22.7 Å². The van der Waals surface area contributed by atoms with Gasteiger partial charge in [-0.25, -0.2) is 0 Å². The van der Waals surface area contributed by atoms with E-state index in [4.69, 9.17) is 0 Å². The number of para-hydroxylation sites is 4. The van der Waals surface area contributed by atoms with Crippen molar-refractivity contribution in [2.45, 2.75) is 76.0 Å². The number of aromatic nitrogens is 2. The summed E-state index contributed by atoms with van der Waals surface area (Å²) in [5.41, 5.74) is 16.3. The van der Waals surface area contributed by atoms with Gasteiger partial charge in [0.1, 0.15) is 0 Å². The van der Waals surface area contributed by atoms with E-state index in [0.717, 1.165) is 36.8 Å². The molecule has 2 heterocycles. The molecule has 0 N–H and O–H groups in total. The number of fused-ring (bicyclic) bond motifs is 6. The predicted molar refractivity (Wildman–Crippen MR) is 247 cm³/mol. The standard InChI is InChI=1S/C56H46N4/c57-35-37-27-31-41(32-28-37)52-51(39-15-3-1-4-16-39)53(42-33-29-38(36-58)30-34-42)56(60-49-25-13-9-21-45(49)46-22-10-14-26-50(46)60)54(40-17-5-2-6-18-40)55(52)59-47-23-11-7-19-43(47)44-20-8-12-24-48(44)59/h7-14,19-34,39-40H,1-6,15-18H2. The summed E-state index contributed by atoms with van der Waals surface area (Å²) < 4.78 is 5.27. The first-order valence-electron chi connectivity index (χ1n) is 22.0. The molecule has 290 valence electrons. The van der Waals surface area contributed by atoms with E-state index in [-0.39, 0.29) is 0 Å². The highest BCUT2D eigenvalue weighted by atomic mass is 15.0. The Morgan fingerprint density at radius 3 is 1.02 bits per heavy atom. The Labute approximate surface area is 351 Å². The van der Waals surface area contributed by atoms with Gasteiger partial charge in [-0.1, -0.05) is 136 Å². The van der Waals surface area contributed by atoms with E-state index in [1.54, 1.807) is 0 Å². The van der Waals surface area contributed by atoms with Gasteiger partial charge in [0.2, 0.25) is 0 Å². The number of nitriles is 2. The quantitative estimate of drug-likeness (QED) is 0.169. The summed E-state index contributed by atoms with van der Waals surface area (Å²) in [5, 5.41) is 25.2. The third-order valence-electron chi connectivity index (χ3n) is 13.8. The third kappa shape index (κ3) is 5.77. The van der Waals surface area contributed by atoms with E-state index in [2.05, 4.69) is 143 Å². The third-order valence-corrected chi connectivity index (χ3v) is 13.8. The SMILES string of the molecule is N#Cc1ccc(-c2c(C3CCCCC3)c(-c3ccc(C#N)cc3)c(-n3c4ccccc4c4ccccc43)c(C3CCCCC3)c2-n2c3ccccc3c3ccccc32)cc1. The molecule has 4 heteroatoms. The van der Waals surface area contributed by atoms with E-state index in [9.17, 15) is 10.5 Å². The van der Waals surface area contributed by atoms with Crippen LogP contribution in [-0.4, -0.2) is 9.13 Å². The Morgan fingerprint density at radius 2 is 0.683 bits per heavy atom. The zero-order valence-corrected chi connectivity index (χ0v) is 33.9. The number of nitrogens with zero attached hydrogens (tertiary/aromatic N) is 4. The van der Waals surface area contributed by atoms with Crippen molar-refractivity contribution in [3.05, 3.63) is 168 Å². The van der Waals surface area contributed by atoms with Crippen LogP contribution in [0.5, 0.6) is 0 Å². The molecule has 2 fully saturated rings. The second-order valence-electron chi connectivity index (χ2n) is 17.1. The lowest BCUT2D eigenvalue weighted by Crippen LogP contribution is -2.19. The summed E-state index contributed by atoms with van der Waals surface area (Å²) in [4.78, 5) is 0. The molecule has 0 aliphatic heterocycles. The van der Waals surface area contributed by atoms with Gasteiger partial charge in [0, 0.05) is 38.2 Å². The van der Waals surface area contributed by atoms with Gasteiger partial charge >= 0.3 is 0 Å². The highest BCUT2D eigenvalue weighted by Gasteiger charge is 2.37. The topological polar surface area (TPSA) is 57.4 Å². The van der Waals surface area contributed by atoms with Crippen LogP contribution >= 0.6 is 0 Å². The highest BCUT2D eigenvalue weighted by molar-refractivity contribution is 6.13. The lowest BCUT2D eigenvalue weighted by molar-refractivity contribution is 0.439. The second kappa shape index (κ2) is 15.1. The van der Waals surface area contributed by atoms with E-state index >= 15 is 0 Å². The molecule has 0 spiro atoms. The van der Waals surface area contributed by atoms with Gasteiger partial charge in [0.25, 0.3) is 0 Å². The van der Waals surface area contributed by atoms with Crippen LogP contribution in [0.15, 0.2) is 146 Å². The van der Waals surface area contributed by atoms with Crippen LogP contribution in [-0.2, 0) is 0 Å². The molecule has 2 aromatic heterocycles. The number of hydrogen-bond acceptors (Lipinski definition) is 2. The number of hydrogen-bond donors (Lipinski definition) is 0. The molecule has 60 heavy (non-hydrogen) atoms. The Hall–Kier alpha value is -6.88. The van der Waals surface area contributed by atoms with Gasteiger partial charge in [-0.05, 0) is 103 Å². The minimum Gasteiger partial charge on any atom is -0.308 e. The van der Waals surface area contributed by atoms with Crippen LogP contribution in [0.1, 0.15) is 98.3 Å². The van der Waals surface area contributed by atoms with Crippen molar-refractivity contribution >= 4 is 43.6 Å². The summed E-state index contributed by atoms with van der Waals surface area (Å²) in [7, 11) is 0. The van der Waals surface area contributed by atoms with Crippen LogP contribution < -0.4 is 0 Å². The van der Waals surface area contributed by atoms with Gasteiger partial charge < -0.3 is 9.13 Å². The number of rotatable bonds is 6. The minimum atomic E-state index is 0.290. The maximum absolute atomic E-state index is 10.1. The molecule has 2 aliphatic carbocycles. The molecular weight excluding hydrogens is 729 g/mol. The highest BCUT2D eigenvalue weighted by Crippen LogP contribution is 2.56. The fourth-order valence-electron chi connectivity index (χ4n) is 11.1. The first kappa shape index (κ1) is 36.2.